The van der Waals surface area contributed by atoms with E-state index in [1.165, 1.54) is 28.6 Å². The number of imidazole rings is 1. The number of nitro groups is 1. The molecule has 0 saturated heterocycles. The highest BCUT2D eigenvalue weighted by atomic mass is 32.2. The average molecular weight is 364 g/mol. The van der Waals surface area contributed by atoms with E-state index < -0.39 is 10.8 Å². The van der Waals surface area contributed by atoms with Gasteiger partial charge in [-0.2, -0.15) is 8.78 Å². The molecule has 1 heterocycles. The van der Waals surface area contributed by atoms with Gasteiger partial charge in [0.2, 0.25) is 0 Å². The first kappa shape index (κ1) is 17.2. The number of nitrogens with one attached hydrogen (secondary N) is 1. The standard InChI is InChI=1S/C16H14F2N4O2S/c1-16(17,18)15-19-13-9-10(3-8-14(13)21(15)2)20-25-12-6-4-11(5-7-12)22(23)24/h3-9,20H,1-2H3. The van der Waals surface area contributed by atoms with Gasteiger partial charge in [0, 0.05) is 36.7 Å². The Morgan fingerprint density at radius 3 is 2.52 bits per heavy atom. The highest BCUT2D eigenvalue weighted by Gasteiger charge is 2.30. The second kappa shape index (κ2) is 6.32. The lowest BCUT2D eigenvalue weighted by molar-refractivity contribution is -0.384. The molecule has 3 rings (SSSR count). The number of aryl methyl sites for hydroxylation is 1. The van der Waals surface area contributed by atoms with Crippen molar-refractivity contribution < 1.29 is 13.7 Å². The van der Waals surface area contributed by atoms with Crippen LogP contribution in [0.15, 0.2) is 47.4 Å². The van der Waals surface area contributed by atoms with Gasteiger partial charge in [-0.15, -0.1) is 0 Å². The van der Waals surface area contributed by atoms with E-state index in [0.29, 0.717) is 16.7 Å². The fraction of sp³-hybridized carbons (Fsp3) is 0.188. The van der Waals surface area contributed by atoms with Gasteiger partial charge in [0.15, 0.2) is 5.82 Å². The molecule has 9 heteroatoms. The lowest BCUT2D eigenvalue weighted by Crippen LogP contribution is -2.13. The van der Waals surface area contributed by atoms with Gasteiger partial charge >= 0.3 is 5.92 Å². The predicted octanol–water partition coefficient (Wildman–Crippen LogP) is 4.71. The van der Waals surface area contributed by atoms with Gasteiger partial charge in [-0.3, -0.25) is 10.1 Å². The molecular formula is C16H14F2N4O2S. The molecule has 0 saturated carbocycles. The van der Waals surface area contributed by atoms with Crippen molar-refractivity contribution in [3.63, 3.8) is 0 Å². The molecule has 130 valence electrons. The SMILES string of the molecule is Cn1c(C(C)(F)F)nc2cc(NSc3ccc([N+](=O)[O-])cc3)ccc21. The molecule has 0 unspecified atom stereocenters. The van der Waals surface area contributed by atoms with Crippen molar-refractivity contribution >= 4 is 34.4 Å². The van der Waals surface area contributed by atoms with E-state index in [1.54, 1.807) is 37.4 Å². The number of nitrogens with zero attached hydrogens (tertiary/aromatic N) is 3. The molecule has 0 aliphatic carbocycles. The summed E-state index contributed by atoms with van der Waals surface area (Å²) in [5, 5.41) is 10.6. The normalized spacial score (nSPS) is 11.7. The molecule has 0 aliphatic rings. The highest BCUT2D eigenvalue weighted by molar-refractivity contribution is 8.00. The van der Waals surface area contributed by atoms with Gasteiger partial charge in [0.05, 0.1) is 16.0 Å². The van der Waals surface area contributed by atoms with Crippen LogP contribution in [0.25, 0.3) is 11.0 Å². The zero-order valence-corrected chi connectivity index (χ0v) is 14.2. The van der Waals surface area contributed by atoms with E-state index in [4.69, 9.17) is 0 Å². The summed E-state index contributed by atoms with van der Waals surface area (Å²) in [6.07, 6.45) is 0. The van der Waals surface area contributed by atoms with Crippen molar-refractivity contribution in [3.05, 3.63) is 58.4 Å². The Bertz CT molecular complexity index is 936. The third-order valence-corrected chi connectivity index (χ3v) is 4.45. The van der Waals surface area contributed by atoms with Gasteiger partial charge in [-0.25, -0.2) is 4.98 Å². The van der Waals surface area contributed by atoms with E-state index in [2.05, 4.69) is 9.71 Å². The van der Waals surface area contributed by atoms with Crippen molar-refractivity contribution in [1.82, 2.24) is 9.55 Å². The van der Waals surface area contributed by atoms with E-state index in [0.717, 1.165) is 11.8 Å². The summed E-state index contributed by atoms with van der Waals surface area (Å²) in [5.74, 6) is -3.31. The van der Waals surface area contributed by atoms with Crippen LogP contribution in [0, 0.1) is 10.1 Å². The maximum atomic E-state index is 13.6. The predicted molar refractivity (Wildman–Crippen MR) is 92.9 cm³/mol. The second-order valence-corrected chi connectivity index (χ2v) is 6.42. The molecule has 0 aliphatic heterocycles. The number of hydrogen-bond acceptors (Lipinski definition) is 5. The maximum absolute atomic E-state index is 13.6. The van der Waals surface area contributed by atoms with Gasteiger partial charge in [-0.1, -0.05) is 0 Å². The zero-order valence-electron chi connectivity index (χ0n) is 13.4. The quantitative estimate of drug-likeness (QED) is 0.403. The van der Waals surface area contributed by atoms with Gasteiger partial charge in [0.1, 0.15) is 0 Å². The summed E-state index contributed by atoms with van der Waals surface area (Å²) in [6.45, 7) is 0.817. The van der Waals surface area contributed by atoms with Crippen molar-refractivity contribution in [2.75, 3.05) is 4.72 Å². The number of nitro benzene ring substituents is 1. The third-order valence-electron chi connectivity index (χ3n) is 3.61. The van der Waals surface area contributed by atoms with Gasteiger partial charge in [-0.05, 0) is 42.3 Å². The summed E-state index contributed by atoms with van der Waals surface area (Å²) in [4.78, 5) is 15.0. The number of alkyl halides is 2. The molecule has 0 radical (unpaired) electrons. The molecule has 0 amide bonds. The minimum Gasteiger partial charge on any atom is -0.326 e. The molecule has 6 nitrogen and oxygen atoms in total. The fourth-order valence-electron chi connectivity index (χ4n) is 2.41. The van der Waals surface area contributed by atoms with Crippen LogP contribution >= 0.6 is 11.9 Å². The van der Waals surface area contributed by atoms with E-state index >= 15 is 0 Å². The summed E-state index contributed by atoms with van der Waals surface area (Å²) < 4.78 is 31.6. The molecule has 2 aromatic carbocycles. The van der Waals surface area contributed by atoms with Crippen molar-refractivity contribution in [2.24, 2.45) is 7.05 Å². The van der Waals surface area contributed by atoms with Crippen molar-refractivity contribution in [1.29, 1.82) is 0 Å². The largest absolute Gasteiger partial charge is 0.326 e. The third kappa shape index (κ3) is 3.55. The number of rotatable bonds is 5. The van der Waals surface area contributed by atoms with Crippen LogP contribution in [0.2, 0.25) is 0 Å². The zero-order chi connectivity index (χ0) is 18.2. The molecule has 0 fully saturated rings. The highest BCUT2D eigenvalue weighted by Crippen LogP contribution is 2.31. The van der Waals surface area contributed by atoms with Crippen molar-refractivity contribution in [3.8, 4) is 0 Å². The number of aromatic nitrogens is 2. The summed E-state index contributed by atoms with van der Waals surface area (Å²) >= 11 is 1.26. The van der Waals surface area contributed by atoms with Gasteiger partial charge < -0.3 is 9.29 Å². The van der Waals surface area contributed by atoms with Crippen LogP contribution in [0.5, 0.6) is 0 Å². The fourth-order valence-corrected chi connectivity index (χ4v) is 3.04. The molecule has 1 aromatic heterocycles. The first-order valence-electron chi connectivity index (χ1n) is 7.28. The Morgan fingerprint density at radius 2 is 1.92 bits per heavy atom. The summed E-state index contributed by atoms with van der Waals surface area (Å²) in [7, 11) is 1.56. The van der Waals surface area contributed by atoms with E-state index in [-0.39, 0.29) is 11.5 Å². The van der Waals surface area contributed by atoms with Crippen LogP contribution < -0.4 is 4.72 Å². The number of hydrogen-bond donors (Lipinski definition) is 1. The smallest absolute Gasteiger partial charge is 0.302 e. The lowest BCUT2D eigenvalue weighted by atomic mass is 10.3. The number of non-ortho nitro benzene ring substituents is 1. The number of fused-ring (bicyclic) bond motifs is 1. The maximum Gasteiger partial charge on any atom is 0.302 e. The Hall–Kier alpha value is -2.68. The molecule has 3 aromatic rings. The number of halogens is 2. The lowest BCUT2D eigenvalue weighted by Gasteiger charge is -2.09. The van der Waals surface area contributed by atoms with Gasteiger partial charge in [0.25, 0.3) is 5.69 Å². The van der Waals surface area contributed by atoms with E-state index in [1.807, 2.05) is 0 Å². The molecule has 0 atom stereocenters. The van der Waals surface area contributed by atoms with Crippen LogP contribution in [0.1, 0.15) is 12.7 Å². The van der Waals surface area contributed by atoms with Crippen LogP contribution in [0.4, 0.5) is 20.2 Å². The second-order valence-electron chi connectivity index (χ2n) is 5.54. The molecular weight excluding hydrogens is 350 g/mol. The molecule has 1 N–H and O–H groups in total. The van der Waals surface area contributed by atoms with Crippen molar-refractivity contribution in [2.45, 2.75) is 17.7 Å². The molecule has 0 bridgehead atoms. The first-order chi connectivity index (χ1) is 11.8. The van der Waals surface area contributed by atoms with Crippen LogP contribution in [-0.4, -0.2) is 14.5 Å². The Morgan fingerprint density at radius 1 is 1.24 bits per heavy atom. The summed E-state index contributed by atoms with van der Waals surface area (Å²) in [6, 6.07) is 11.3. The summed E-state index contributed by atoms with van der Waals surface area (Å²) in [5.41, 5.74) is 1.79. The average Bonchev–Trinajstić information content (AvgIpc) is 2.90. The number of anilines is 1. The monoisotopic (exact) mass is 364 g/mol. The topological polar surface area (TPSA) is 73.0 Å². The minimum absolute atomic E-state index is 0.0206. The minimum atomic E-state index is -3.02. The molecule has 0 spiro atoms. The Kier molecular flexibility index (Phi) is 4.34. The van der Waals surface area contributed by atoms with Crippen LogP contribution in [-0.2, 0) is 13.0 Å². The Balaban J connectivity index is 1.79. The molecule has 25 heavy (non-hydrogen) atoms. The first-order valence-corrected chi connectivity index (χ1v) is 8.09. The Labute approximate surface area is 146 Å². The number of benzene rings is 2. The van der Waals surface area contributed by atoms with Crippen LogP contribution in [0.3, 0.4) is 0 Å². The van der Waals surface area contributed by atoms with E-state index in [9.17, 15) is 18.9 Å².